The number of aliphatic carboxylic acids is 2. The maximum absolute atomic E-state index is 11.1. The highest BCUT2D eigenvalue weighted by atomic mass is 16.4. The third-order valence-corrected chi connectivity index (χ3v) is 4.68. The van der Waals surface area contributed by atoms with E-state index in [0.29, 0.717) is 12.8 Å². The summed E-state index contributed by atoms with van der Waals surface area (Å²) < 4.78 is 0. The Kier molecular flexibility index (Phi) is 7.00. The van der Waals surface area contributed by atoms with Crippen LogP contribution in [-0.4, -0.2) is 22.2 Å². The Morgan fingerprint density at radius 2 is 1.21 bits per heavy atom. The summed E-state index contributed by atoms with van der Waals surface area (Å²) >= 11 is 0. The number of carbonyl (C=O) groups is 2. The van der Waals surface area contributed by atoms with Crippen molar-refractivity contribution < 1.29 is 19.8 Å². The lowest BCUT2D eigenvalue weighted by atomic mass is 9.86. The number of carboxylic acids is 2. The van der Waals surface area contributed by atoms with E-state index in [1.54, 1.807) is 27.7 Å². The van der Waals surface area contributed by atoms with Crippen LogP contribution in [0.15, 0.2) is 24.3 Å². The summed E-state index contributed by atoms with van der Waals surface area (Å²) in [6.45, 7) is 7.04. The van der Waals surface area contributed by atoms with Gasteiger partial charge in [0.15, 0.2) is 0 Å². The van der Waals surface area contributed by atoms with Crippen molar-refractivity contribution in [3.05, 3.63) is 35.4 Å². The van der Waals surface area contributed by atoms with Crippen LogP contribution in [0.1, 0.15) is 64.5 Å². The Balaban J connectivity index is 2.49. The van der Waals surface area contributed by atoms with Gasteiger partial charge < -0.3 is 10.2 Å². The molecule has 0 amide bonds. The summed E-state index contributed by atoms with van der Waals surface area (Å²) in [5.41, 5.74) is 1.07. The summed E-state index contributed by atoms with van der Waals surface area (Å²) in [5.74, 6) is -1.51. The molecule has 24 heavy (non-hydrogen) atoms. The summed E-state index contributed by atoms with van der Waals surface area (Å²) in [6, 6.07) is 8.31. The Bertz CT molecular complexity index is 526. The summed E-state index contributed by atoms with van der Waals surface area (Å²) in [4.78, 5) is 22.2. The van der Waals surface area contributed by atoms with Gasteiger partial charge in [-0.15, -0.1) is 0 Å². The minimum atomic E-state index is -0.753. The molecule has 0 heterocycles. The molecule has 0 aromatic heterocycles. The largest absolute Gasteiger partial charge is 0.481 e. The molecule has 0 bridgehead atoms. The van der Waals surface area contributed by atoms with Crippen molar-refractivity contribution in [2.24, 2.45) is 10.8 Å². The van der Waals surface area contributed by atoms with Crippen molar-refractivity contribution in [3.63, 3.8) is 0 Å². The molecule has 1 aromatic rings. The molecule has 0 aliphatic carbocycles. The zero-order chi connectivity index (χ0) is 18.4. The Hall–Kier alpha value is -1.84. The van der Waals surface area contributed by atoms with Crippen LogP contribution in [0.3, 0.4) is 0 Å². The van der Waals surface area contributed by atoms with Crippen LogP contribution in [0.4, 0.5) is 0 Å². The second-order valence-corrected chi connectivity index (χ2v) is 7.91. The molecular weight excluding hydrogens is 304 g/mol. The van der Waals surface area contributed by atoms with E-state index in [9.17, 15) is 9.59 Å². The molecule has 0 spiro atoms. The molecule has 2 N–H and O–H groups in total. The Morgan fingerprint density at radius 3 is 1.54 bits per heavy atom. The van der Waals surface area contributed by atoms with Gasteiger partial charge in [0.05, 0.1) is 10.8 Å². The van der Waals surface area contributed by atoms with E-state index in [0.717, 1.165) is 25.7 Å². The van der Waals surface area contributed by atoms with Crippen molar-refractivity contribution in [3.8, 4) is 0 Å². The first-order chi connectivity index (χ1) is 11.0. The number of benzene rings is 1. The average molecular weight is 334 g/mol. The van der Waals surface area contributed by atoms with Gasteiger partial charge in [-0.3, -0.25) is 9.59 Å². The van der Waals surface area contributed by atoms with Crippen molar-refractivity contribution in [1.82, 2.24) is 0 Å². The lowest BCUT2D eigenvalue weighted by Crippen LogP contribution is -2.23. The zero-order valence-electron chi connectivity index (χ0n) is 15.3. The van der Waals surface area contributed by atoms with E-state index in [-0.39, 0.29) is 0 Å². The highest BCUT2D eigenvalue weighted by Gasteiger charge is 2.27. The molecule has 0 aliphatic rings. The fourth-order valence-corrected chi connectivity index (χ4v) is 2.62. The smallest absolute Gasteiger partial charge is 0.309 e. The lowest BCUT2D eigenvalue weighted by Gasteiger charge is -2.19. The van der Waals surface area contributed by atoms with Crippen LogP contribution in [0.2, 0.25) is 0 Å². The molecular formula is C20H30O4. The van der Waals surface area contributed by atoms with Crippen LogP contribution >= 0.6 is 0 Å². The maximum atomic E-state index is 11.1. The molecule has 0 fully saturated rings. The lowest BCUT2D eigenvalue weighted by molar-refractivity contribution is -0.148. The van der Waals surface area contributed by atoms with Crippen molar-refractivity contribution in [2.45, 2.75) is 66.2 Å². The zero-order valence-corrected chi connectivity index (χ0v) is 15.3. The molecule has 134 valence electrons. The summed E-state index contributed by atoms with van der Waals surface area (Å²) in [5, 5.41) is 18.3. The number of hydrogen-bond acceptors (Lipinski definition) is 2. The minimum absolute atomic E-state index is 0.652. The van der Waals surface area contributed by atoms with E-state index >= 15 is 0 Å². The van der Waals surface area contributed by atoms with Gasteiger partial charge in [0.25, 0.3) is 0 Å². The van der Waals surface area contributed by atoms with Crippen molar-refractivity contribution in [2.75, 3.05) is 0 Å². The normalized spacial score (nSPS) is 12.2. The highest BCUT2D eigenvalue weighted by molar-refractivity contribution is 5.73. The number of carboxylic acid groups (broad SMARTS) is 2. The monoisotopic (exact) mass is 334 g/mol. The van der Waals surface area contributed by atoms with E-state index in [4.69, 9.17) is 10.2 Å². The van der Waals surface area contributed by atoms with Crippen LogP contribution in [-0.2, 0) is 22.4 Å². The summed E-state index contributed by atoms with van der Waals surface area (Å²) in [7, 11) is 0. The van der Waals surface area contributed by atoms with Crippen molar-refractivity contribution in [1.29, 1.82) is 0 Å². The standard InChI is InChI=1S/C20H30O4/c1-19(2,17(21)22)12-6-10-15-8-5-9-16(14-15)11-7-13-20(3,4)18(23)24/h5,8-9,14H,6-7,10-13H2,1-4H3,(H,21,22)(H,23,24). The third kappa shape index (κ3) is 6.34. The fourth-order valence-electron chi connectivity index (χ4n) is 2.62. The second kappa shape index (κ2) is 8.32. The highest BCUT2D eigenvalue weighted by Crippen LogP contribution is 2.25. The van der Waals surface area contributed by atoms with Gasteiger partial charge >= 0.3 is 11.9 Å². The second-order valence-electron chi connectivity index (χ2n) is 7.91. The van der Waals surface area contributed by atoms with Crippen LogP contribution < -0.4 is 0 Å². The molecule has 4 nitrogen and oxygen atoms in total. The Labute approximate surface area is 144 Å². The van der Waals surface area contributed by atoms with Gasteiger partial charge in [-0.25, -0.2) is 0 Å². The third-order valence-electron chi connectivity index (χ3n) is 4.68. The van der Waals surface area contributed by atoms with E-state index in [2.05, 4.69) is 18.2 Å². The minimum Gasteiger partial charge on any atom is -0.481 e. The van der Waals surface area contributed by atoms with E-state index in [1.165, 1.54) is 11.1 Å². The number of aryl methyl sites for hydroxylation is 2. The molecule has 0 saturated carbocycles. The predicted molar refractivity (Wildman–Crippen MR) is 95.2 cm³/mol. The number of rotatable bonds is 10. The van der Waals surface area contributed by atoms with Gasteiger partial charge in [-0.1, -0.05) is 24.3 Å². The SMILES string of the molecule is CC(C)(CCCc1cccc(CCCC(C)(C)C(=O)O)c1)C(=O)O. The first-order valence-corrected chi connectivity index (χ1v) is 8.59. The van der Waals surface area contributed by atoms with Crippen molar-refractivity contribution >= 4 is 11.9 Å². The first-order valence-electron chi connectivity index (χ1n) is 8.59. The van der Waals surface area contributed by atoms with Gasteiger partial charge in [-0.05, 0) is 77.3 Å². The van der Waals surface area contributed by atoms with Gasteiger partial charge in [0.1, 0.15) is 0 Å². The average Bonchev–Trinajstić information content (AvgIpc) is 2.47. The molecule has 1 rings (SSSR count). The molecule has 1 aromatic carbocycles. The first kappa shape index (κ1) is 20.2. The molecule has 4 heteroatoms. The fraction of sp³-hybridized carbons (Fsp3) is 0.600. The topological polar surface area (TPSA) is 74.6 Å². The number of hydrogen-bond donors (Lipinski definition) is 2. The Morgan fingerprint density at radius 1 is 0.833 bits per heavy atom. The summed E-state index contributed by atoms with van der Waals surface area (Å²) in [6.07, 6.45) is 4.72. The predicted octanol–water partition coefficient (Wildman–Crippen LogP) is 4.55. The van der Waals surface area contributed by atoms with Crippen LogP contribution in [0.5, 0.6) is 0 Å². The molecule has 0 unspecified atom stereocenters. The molecule has 0 saturated heterocycles. The van der Waals surface area contributed by atoms with Crippen LogP contribution in [0, 0.1) is 10.8 Å². The van der Waals surface area contributed by atoms with Gasteiger partial charge in [0.2, 0.25) is 0 Å². The van der Waals surface area contributed by atoms with Gasteiger partial charge in [-0.2, -0.15) is 0 Å². The van der Waals surface area contributed by atoms with Crippen LogP contribution in [0.25, 0.3) is 0 Å². The van der Waals surface area contributed by atoms with E-state index in [1.807, 2.05) is 6.07 Å². The molecule has 0 aliphatic heterocycles. The van der Waals surface area contributed by atoms with E-state index < -0.39 is 22.8 Å². The maximum Gasteiger partial charge on any atom is 0.309 e. The molecule has 0 atom stereocenters. The quantitative estimate of drug-likeness (QED) is 0.658. The molecule has 0 radical (unpaired) electrons. The van der Waals surface area contributed by atoms with Gasteiger partial charge in [0, 0.05) is 0 Å².